The van der Waals surface area contributed by atoms with E-state index in [2.05, 4.69) is 4.72 Å². The summed E-state index contributed by atoms with van der Waals surface area (Å²) < 4.78 is 22.2. The first kappa shape index (κ1) is 7.87. The van der Waals surface area contributed by atoms with Crippen LogP contribution in [-0.4, -0.2) is 8.76 Å². The van der Waals surface area contributed by atoms with Crippen molar-refractivity contribution in [1.82, 2.24) is 4.72 Å². The number of thiophene rings is 1. The van der Waals surface area contributed by atoms with Gasteiger partial charge in [-0.05, 0) is 22.4 Å². The Hall–Kier alpha value is -0.230. The highest BCUT2D eigenvalue weighted by Gasteiger charge is 1.89. The molecule has 0 bridgehead atoms. The number of hydrogen-bond acceptors (Lipinski definition) is 3. The molecule has 1 aromatic rings. The fourth-order valence-electron chi connectivity index (χ4n) is 0.535. The molecule has 1 heterocycles. The van der Waals surface area contributed by atoms with Gasteiger partial charge in [-0.15, -0.1) is 0 Å². The first-order chi connectivity index (χ1) is 4.79. The Balaban J connectivity index is 2.35. The molecule has 0 aliphatic heterocycles. The fourth-order valence-corrected chi connectivity index (χ4v) is 1.49. The zero-order chi connectivity index (χ0) is 7.40. The minimum absolute atomic E-state index is 0.389. The topological polar surface area (TPSA) is 52.2 Å². The van der Waals surface area contributed by atoms with Gasteiger partial charge in [-0.1, -0.05) is 0 Å². The normalized spacial score (nSPS) is 13.3. The van der Waals surface area contributed by atoms with Gasteiger partial charge in [0.25, 0.3) is 0 Å². The summed E-state index contributed by atoms with van der Waals surface area (Å²) in [5.41, 5.74) is 0.995. The molecule has 1 N–H and O–H groups in total. The van der Waals surface area contributed by atoms with E-state index < -0.39 is 11.3 Å². The fraction of sp³-hybridized carbons (Fsp3) is 0.200. The minimum Gasteiger partial charge on any atom is -0.760 e. The molecule has 5 heteroatoms. The molecule has 1 atom stereocenters. The molecule has 3 nitrogen and oxygen atoms in total. The van der Waals surface area contributed by atoms with Gasteiger partial charge in [-0.25, -0.2) is 4.72 Å². The van der Waals surface area contributed by atoms with E-state index in [0.29, 0.717) is 6.54 Å². The molecule has 0 aromatic carbocycles. The van der Waals surface area contributed by atoms with Crippen molar-refractivity contribution in [3.05, 3.63) is 22.4 Å². The zero-order valence-electron chi connectivity index (χ0n) is 5.07. The van der Waals surface area contributed by atoms with E-state index >= 15 is 0 Å². The van der Waals surface area contributed by atoms with E-state index in [1.54, 1.807) is 11.3 Å². The molecule has 1 aromatic heterocycles. The SMILES string of the molecule is O=S([O-])NCc1ccsc1. The van der Waals surface area contributed by atoms with Crippen LogP contribution in [0.1, 0.15) is 5.56 Å². The Bertz CT molecular complexity index is 209. The second-order valence-corrected chi connectivity index (χ2v) is 3.23. The van der Waals surface area contributed by atoms with E-state index in [-0.39, 0.29) is 0 Å². The standard InChI is InChI=1S/C5H7NO2S2/c7-10(8)6-3-5-1-2-9-4-5/h1-2,4,6H,3H2,(H,7,8)/p-1. The third-order valence-corrected chi connectivity index (χ3v) is 2.09. The van der Waals surface area contributed by atoms with Crippen LogP contribution in [0, 0.1) is 0 Å². The average Bonchev–Trinajstić information content (AvgIpc) is 2.34. The highest BCUT2D eigenvalue weighted by atomic mass is 32.2. The third kappa shape index (κ3) is 2.57. The molecule has 0 fully saturated rings. The van der Waals surface area contributed by atoms with Crippen molar-refractivity contribution in [1.29, 1.82) is 0 Å². The van der Waals surface area contributed by atoms with Crippen molar-refractivity contribution in [2.45, 2.75) is 6.54 Å². The molecule has 0 amide bonds. The van der Waals surface area contributed by atoms with Gasteiger partial charge < -0.3 is 4.55 Å². The molecule has 0 aliphatic rings. The Morgan fingerprint density at radius 2 is 2.60 bits per heavy atom. The van der Waals surface area contributed by atoms with Gasteiger partial charge in [0.05, 0.1) is 0 Å². The summed E-state index contributed by atoms with van der Waals surface area (Å²) in [4.78, 5) is 0. The van der Waals surface area contributed by atoms with Crippen LogP contribution >= 0.6 is 11.3 Å². The van der Waals surface area contributed by atoms with Crippen LogP contribution in [0.5, 0.6) is 0 Å². The molecular weight excluding hydrogens is 170 g/mol. The molecule has 0 radical (unpaired) electrons. The van der Waals surface area contributed by atoms with E-state index in [0.717, 1.165) is 5.56 Å². The second kappa shape index (κ2) is 3.82. The van der Waals surface area contributed by atoms with Gasteiger partial charge in [0.1, 0.15) is 0 Å². The maximum atomic E-state index is 9.99. The molecule has 0 saturated heterocycles. The molecule has 1 unspecified atom stereocenters. The van der Waals surface area contributed by atoms with E-state index in [9.17, 15) is 8.76 Å². The van der Waals surface area contributed by atoms with E-state index in [1.807, 2.05) is 16.8 Å². The lowest BCUT2D eigenvalue weighted by atomic mass is 10.4. The van der Waals surface area contributed by atoms with E-state index in [4.69, 9.17) is 0 Å². The molecule has 0 spiro atoms. The summed E-state index contributed by atoms with van der Waals surface area (Å²) in [5, 5.41) is 3.81. The molecule has 1 rings (SSSR count). The minimum atomic E-state index is -2.15. The lowest BCUT2D eigenvalue weighted by Crippen LogP contribution is -2.14. The zero-order valence-corrected chi connectivity index (χ0v) is 6.71. The summed E-state index contributed by atoms with van der Waals surface area (Å²) in [5.74, 6) is 0. The van der Waals surface area contributed by atoms with Crippen molar-refractivity contribution in [2.75, 3.05) is 0 Å². The number of hydrogen-bond donors (Lipinski definition) is 1. The van der Waals surface area contributed by atoms with Crippen molar-refractivity contribution < 1.29 is 8.76 Å². The Labute approximate surface area is 65.5 Å². The largest absolute Gasteiger partial charge is 0.760 e. The van der Waals surface area contributed by atoms with Gasteiger partial charge >= 0.3 is 0 Å². The maximum absolute atomic E-state index is 9.99. The highest BCUT2D eigenvalue weighted by molar-refractivity contribution is 7.77. The van der Waals surface area contributed by atoms with Crippen LogP contribution in [0.3, 0.4) is 0 Å². The van der Waals surface area contributed by atoms with Crippen molar-refractivity contribution in [2.24, 2.45) is 0 Å². The Morgan fingerprint density at radius 1 is 1.80 bits per heavy atom. The smallest absolute Gasteiger partial charge is 0.0330 e. The number of rotatable bonds is 3. The monoisotopic (exact) mass is 176 g/mol. The first-order valence-corrected chi connectivity index (χ1v) is 4.64. The van der Waals surface area contributed by atoms with Crippen molar-refractivity contribution >= 4 is 22.6 Å². The molecule has 0 saturated carbocycles. The van der Waals surface area contributed by atoms with Gasteiger partial charge in [-0.3, -0.25) is 4.21 Å². The molecule has 56 valence electrons. The van der Waals surface area contributed by atoms with Gasteiger partial charge in [0, 0.05) is 17.8 Å². The first-order valence-electron chi connectivity index (χ1n) is 2.63. The third-order valence-electron chi connectivity index (χ3n) is 0.974. The van der Waals surface area contributed by atoms with Gasteiger partial charge in [-0.2, -0.15) is 11.3 Å². The highest BCUT2D eigenvalue weighted by Crippen LogP contribution is 2.04. The van der Waals surface area contributed by atoms with Crippen LogP contribution < -0.4 is 4.72 Å². The lowest BCUT2D eigenvalue weighted by Gasteiger charge is -2.04. The predicted molar refractivity (Wildman–Crippen MR) is 40.1 cm³/mol. The van der Waals surface area contributed by atoms with Crippen LogP contribution in [-0.2, 0) is 17.8 Å². The molecular formula is C5H6NO2S2-. The Morgan fingerprint density at radius 3 is 3.10 bits per heavy atom. The number of nitrogens with one attached hydrogen (secondary N) is 1. The molecule has 10 heavy (non-hydrogen) atoms. The molecule has 0 aliphatic carbocycles. The maximum Gasteiger partial charge on any atom is 0.0330 e. The summed E-state index contributed by atoms with van der Waals surface area (Å²) in [7, 11) is 0. The average molecular weight is 176 g/mol. The van der Waals surface area contributed by atoms with Crippen molar-refractivity contribution in [3.8, 4) is 0 Å². The lowest BCUT2D eigenvalue weighted by molar-refractivity contribution is 0.522. The summed E-state index contributed by atoms with van der Waals surface area (Å²) in [6.07, 6.45) is 0. The van der Waals surface area contributed by atoms with Crippen LogP contribution in [0.25, 0.3) is 0 Å². The van der Waals surface area contributed by atoms with Crippen LogP contribution in [0.4, 0.5) is 0 Å². The van der Waals surface area contributed by atoms with Crippen LogP contribution in [0.2, 0.25) is 0 Å². The second-order valence-electron chi connectivity index (χ2n) is 1.69. The van der Waals surface area contributed by atoms with Crippen LogP contribution in [0.15, 0.2) is 16.8 Å². The van der Waals surface area contributed by atoms with E-state index in [1.165, 1.54) is 0 Å². The summed E-state index contributed by atoms with van der Waals surface area (Å²) in [6.45, 7) is 0.389. The Kier molecular flexibility index (Phi) is 3.01. The predicted octanol–water partition coefficient (Wildman–Crippen LogP) is 0.632. The summed E-state index contributed by atoms with van der Waals surface area (Å²) in [6, 6.07) is 1.88. The quantitative estimate of drug-likeness (QED) is 0.687. The van der Waals surface area contributed by atoms with Gasteiger partial charge in [0.2, 0.25) is 0 Å². The van der Waals surface area contributed by atoms with Crippen molar-refractivity contribution in [3.63, 3.8) is 0 Å². The van der Waals surface area contributed by atoms with Gasteiger partial charge in [0.15, 0.2) is 0 Å². The summed E-state index contributed by atoms with van der Waals surface area (Å²) >= 11 is -0.595.